The van der Waals surface area contributed by atoms with Crippen molar-refractivity contribution >= 4 is 0 Å². The van der Waals surface area contributed by atoms with E-state index in [1.54, 1.807) is 19.2 Å². The molecular formula is C8H9N3O. The van der Waals surface area contributed by atoms with E-state index < -0.39 is 6.10 Å². The first kappa shape index (κ1) is 8.62. The van der Waals surface area contributed by atoms with E-state index in [4.69, 9.17) is 5.26 Å². The van der Waals surface area contributed by atoms with Crippen molar-refractivity contribution in [1.29, 1.82) is 5.26 Å². The van der Waals surface area contributed by atoms with Crippen molar-refractivity contribution in [2.45, 2.75) is 19.4 Å². The maximum absolute atomic E-state index is 9.33. The number of aryl methyl sites for hydroxylation is 1. The molecule has 1 rings (SSSR count). The van der Waals surface area contributed by atoms with Crippen molar-refractivity contribution in [1.82, 2.24) is 9.97 Å². The monoisotopic (exact) mass is 163 g/mol. The Morgan fingerprint density at radius 1 is 1.75 bits per heavy atom. The fourth-order valence-corrected chi connectivity index (χ4v) is 0.851. The summed E-state index contributed by atoms with van der Waals surface area (Å²) in [7, 11) is 0. The first-order chi connectivity index (χ1) is 5.74. The molecular weight excluding hydrogens is 154 g/mol. The molecule has 4 heteroatoms. The second-order valence-electron chi connectivity index (χ2n) is 2.41. The van der Waals surface area contributed by atoms with Crippen LogP contribution in [0, 0.1) is 18.3 Å². The summed E-state index contributed by atoms with van der Waals surface area (Å²) < 4.78 is 0. The zero-order valence-electron chi connectivity index (χ0n) is 6.73. The molecule has 0 bridgehead atoms. The first-order valence-corrected chi connectivity index (χ1v) is 3.58. The Hall–Kier alpha value is -1.47. The van der Waals surface area contributed by atoms with Gasteiger partial charge in [0.15, 0.2) is 0 Å². The van der Waals surface area contributed by atoms with Gasteiger partial charge in [0, 0.05) is 6.20 Å². The Morgan fingerprint density at radius 2 is 2.50 bits per heavy atom. The van der Waals surface area contributed by atoms with Gasteiger partial charge in [0.1, 0.15) is 11.9 Å². The number of aliphatic hydroxyl groups is 1. The van der Waals surface area contributed by atoms with Crippen molar-refractivity contribution in [2.24, 2.45) is 0 Å². The minimum Gasteiger partial charge on any atom is -0.386 e. The van der Waals surface area contributed by atoms with Gasteiger partial charge in [-0.1, -0.05) is 0 Å². The minimum absolute atomic E-state index is 0.0659. The summed E-state index contributed by atoms with van der Waals surface area (Å²) in [6, 6.07) is 3.48. The third-order valence-electron chi connectivity index (χ3n) is 1.42. The molecule has 1 unspecified atom stereocenters. The normalized spacial score (nSPS) is 12.1. The molecule has 12 heavy (non-hydrogen) atoms. The zero-order valence-corrected chi connectivity index (χ0v) is 6.73. The molecule has 1 heterocycles. The summed E-state index contributed by atoms with van der Waals surface area (Å²) in [6.45, 7) is 1.74. The lowest BCUT2D eigenvalue weighted by Crippen LogP contribution is -2.01. The second-order valence-corrected chi connectivity index (χ2v) is 2.41. The molecule has 0 spiro atoms. The standard InChI is InChI=1S/C8H9N3O/c1-6-10-5-3-7(11-6)8(12)2-4-9/h3,5,8,12H,2H2,1H3. The van der Waals surface area contributed by atoms with Crippen molar-refractivity contribution in [2.75, 3.05) is 0 Å². The lowest BCUT2D eigenvalue weighted by atomic mass is 10.2. The van der Waals surface area contributed by atoms with Crippen LogP contribution in [0.5, 0.6) is 0 Å². The highest BCUT2D eigenvalue weighted by molar-refractivity contribution is 5.06. The first-order valence-electron chi connectivity index (χ1n) is 3.58. The van der Waals surface area contributed by atoms with E-state index in [1.165, 1.54) is 0 Å². The molecule has 1 N–H and O–H groups in total. The van der Waals surface area contributed by atoms with E-state index in [1.807, 2.05) is 6.07 Å². The summed E-state index contributed by atoms with van der Waals surface area (Å²) in [6.07, 6.45) is 0.839. The molecule has 0 aromatic carbocycles. The Bertz CT molecular complexity index is 305. The van der Waals surface area contributed by atoms with Crippen LogP contribution in [0.2, 0.25) is 0 Å². The van der Waals surface area contributed by atoms with E-state index in [-0.39, 0.29) is 6.42 Å². The van der Waals surface area contributed by atoms with E-state index in [0.717, 1.165) is 0 Å². The highest BCUT2D eigenvalue weighted by atomic mass is 16.3. The Morgan fingerprint density at radius 3 is 3.08 bits per heavy atom. The molecule has 0 amide bonds. The lowest BCUT2D eigenvalue weighted by Gasteiger charge is -2.04. The molecule has 4 nitrogen and oxygen atoms in total. The smallest absolute Gasteiger partial charge is 0.125 e. The average Bonchev–Trinajstić information content (AvgIpc) is 2.05. The SMILES string of the molecule is Cc1nccc(C(O)CC#N)n1. The fourth-order valence-electron chi connectivity index (χ4n) is 0.851. The molecule has 0 radical (unpaired) electrons. The fraction of sp³-hybridized carbons (Fsp3) is 0.375. The number of nitriles is 1. The lowest BCUT2D eigenvalue weighted by molar-refractivity contribution is 0.178. The number of nitrogens with zero attached hydrogens (tertiary/aromatic N) is 3. The average molecular weight is 163 g/mol. The van der Waals surface area contributed by atoms with Crippen molar-refractivity contribution in [3.05, 3.63) is 23.8 Å². The molecule has 1 atom stereocenters. The van der Waals surface area contributed by atoms with Gasteiger partial charge in [-0.3, -0.25) is 0 Å². The predicted molar refractivity (Wildman–Crippen MR) is 42.0 cm³/mol. The van der Waals surface area contributed by atoms with Gasteiger partial charge in [-0.15, -0.1) is 0 Å². The molecule has 1 aromatic rings. The van der Waals surface area contributed by atoms with E-state index in [0.29, 0.717) is 11.5 Å². The molecule has 0 fully saturated rings. The van der Waals surface area contributed by atoms with Crippen LogP contribution in [0.1, 0.15) is 24.0 Å². The second kappa shape index (κ2) is 3.79. The maximum atomic E-state index is 9.33. The molecule has 1 aromatic heterocycles. The summed E-state index contributed by atoms with van der Waals surface area (Å²) >= 11 is 0. The molecule has 0 saturated heterocycles. The van der Waals surface area contributed by atoms with E-state index in [9.17, 15) is 5.11 Å². The Kier molecular flexibility index (Phi) is 2.72. The molecule has 0 aliphatic carbocycles. The van der Waals surface area contributed by atoms with Gasteiger partial charge < -0.3 is 5.11 Å². The van der Waals surface area contributed by atoms with Gasteiger partial charge in [0.25, 0.3) is 0 Å². The summed E-state index contributed by atoms with van der Waals surface area (Å²) in [5.74, 6) is 0.601. The van der Waals surface area contributed by atoms with Crippen LogP contribution in [-0.4, -0.2) is 15.1 Å². The zero-order chi connectivity index (χ0) is 8.97. The van der Waals surface area contributed by atoms with Crippen molar-refractivity contribution in [3.63, 3.8) is 0 Å². The summed E-state index contributed by atoms with van der Waals surface area (Å²) in [5.41, 5.74) is 0.504. The quantitative estimate of drug-likeness (QED) is 0.697. The van der Waals surface area contributed by atoms with Crippen LogP contribution in [0.25, 0.3) is 0 Å². The number of rotatable bonds is 2. The maximum Gasteiger partial charge on any atom is 0.125 e. The Labute approximate surface area is 70.5 Å². The summed E-state index contributed by atoms with van der Waals surface area (Å²) in [4.78, 5) is 7.86. The van der Waals surface area contributed by atoms with Crippen LogP contribution in [-0.2, 0) is 0 Å². The number of hydrogen-bond acceptors (Lipinski definition) is 4. The van der Waals surface area contributed by atoms with Gasteiger partial charge in [-0.2, -0.15) is 5.26 Å². The van der Waals surface area contributed by atoms with Gasteiger partial charge in [0.05, 0.1) is 18.2 Å². The van der Waals surface area contributed by atoms with Crippen molar-refractivity contribution in [3.8, 4) is 6.07 Å². The molecule has 0 aliphatic rings. The predicted octanol–water partition coefficient (Wildman–Crippen LogP) is 0.732. The van der Waals surface area contributed by atoms with Gasteiger partial charge in [-0.05, 0) is 13.0 Å². The van der Waals surface area contributed by atoms with Crippen LogP contribution < -0.4 is 0 Å². The third-order valence-corrected chi connectivity index (χ3v) is 1.42. The van der Waals surface area contributed by atoms with Crippen molar-refractivity contribution < 1.29 is 5.11 Å². The van der Waals surface area contributed by atoms with Gasteiger partial charge in [-0.25, -0.2) is 9.97 Å². The highest BCUT2D eigenvalue weighted by Gasteiger charge is 2.07. The molecule has 0 saturated carbocycles. The minimum atomic E-state index is -0.795. The van der Waals surface area contributed by atoms with Gasteiger partial charge >= 0.3 is 0 Å². The van der Waals surface area contributed by atoms with E-state index in [2.05, 4.69) is 9.97 Å². The number of aromatic nitrogens is 2. The summed E-state index contributed by atoms with van der Waals surface area (Å²) in [5, 5.41) is 17.6. The van der Waals surface area contributed by atoms with Crippen LogP contribution in [0.3, 0.4) is 0 Å². The van der Waals surface area contributed by atoms with Crippen LogP contribution >= 0.6 is 0 Å². The molecule has 62 valence electrons. The number of aliphatic hydroxyl groups excluding tert-OH is 1. The topological polar surface area (TPSA) is 69.8 Å². The Balaban J connectivity index is 2.82. The van der Waals surface area contributed by atoms with Crippen LogP contribution in [0.15, 0.2) is 12.3 Å². The van der Waals surface area contributed by atoms with E-state index >= 15 is 0 Å². The van der Waals surface area contributed by atoms with Crippen LogP contribution in [0.4, 0.5) is 0 Å². The largest absolute Gasteiger partial charge is 0.386 e. The van der Waals surface area contributed by atoms with Gasteiger partial charge in [0.2, 0.25) is 0 Å². The highest BCUT2D eigenvalue weighted by Crippen LogP contribution is 2.11. The number of hydrogen-bond donors (Lipinski definition) is 1. The third kappa shape index (κ3) is 2.01. The molecule has 0 aliphatic heterocycles.